The lowest BCUT2D eigenvalue weighted by atomic mass is 10.2. The Bertz CT molecular complexity index is 651. The largest absolute Gasteiger partial charge is 0.324 e. The topological polar surface area (TPSA) is 77.8 Å². The van der Waals surface area contributed by atoms with Crippen LogP contribution in [0.15, 0.2) is 47.1 Å². The molecule has 0 atom stereocenters. The number of carbonyl (C=O) groups excluding carboxylic acids is 1. The zero-order valence-electron chi connectivity index (χ0n) is 9.72. The van der Waals surface area contributed by atoms with Crippen LogP contribution in [0.5, 0.6) is 0 Å². The number of nitriles is 1. The maximum Gasteiger partial charge on any atom is 0.324 e. The fourth-order valence-electron chi connectivity index (χ4n) is 1.41. The molecule has 94 valence electrons. The number of aromatic nitrogens is 1. The van der Waals surface area contributed by atoms with Crippen LogP contribution in [-0.4, -0.2) is 11.0 Å². The number of hydrogen-bond acceptors (Lipinski definition) is 3. The highest BCUT2D eigenvalue weighted by atomic mass is 79.9. The molecule has 0 radical (unpaired) electrons. The van der Waals surface area contributed by atoms with Crippen LogP contribution in [0.1, 0.15) is 5.56 Å². The van der Waals surface area contributed by atoms with E-state index < -0.39 is 6.03 Å². The quantitative estimate of drug-likeness (QED) is 0.891. The number of nitrogens with zero attached hydrogens (tertiary/aromatic N) is 2. The summed E-state index contributed by atoms with van der Waals surface area (Å²) < 4.78 is 0.691. The Morgan fingerprint density at radius 1 is 1.26 bits per heavy atom. The molecule has 0 saturated carbocycles. The summed E-state index contributed by atoms with van der Waals surface area (Å²) in [4.78, 5) is 15.8. The summed E-state index contributed by atoms with van der Waals surface area (Å²) in [5.41, 5.74) is 1.03. The van der Waals surface area contributed by atoms with Crippen LogP contribution in [-0.2, 0) is 0 Å². The number of rotatable bonds is 2. The van der Waals surface area contributed by atoms with Crippen molar-refractivity contribution in [2.75, 3.05) is 10.6 Å². The van der Waals surface area contributed by atoms with Crippen molar-refractivity contribution in [2.45, 2.75) is 0 Å². The van der Waals surface area contributed by atoms with Gasteiger partial charge in [0.05, 0.1) is 16.1 Å². The molecule has 0 bridgehead atoms. The molecule has 1 aromatic heterocycles. The van der Waals surface area contributed by atoms with Gasteiger partial charge in [0.25, 0.3) is 0 Å². The molecule has 0 aliphatic rings. The van der Waals surface area contributed by atoms with Gasteiger partial charge in [-0.2, -0.15) is 5.26 Å². The van der Waals surface area contributed by atoms with Crippen LogP contribution in [0, 0.1) is 11.3 Å². The Kier molecular flexibility index (Phi) is 4.11. The number of amides is 2. The van der Waals surface area contributed by atoms with Gasteiger partial charge in [0.1, 0.15) is 5.82 Å². The second-order valence-electron chi connectivity index (χ2n) is 3.61. The summed E-state index contributed by atoms with van der Waals surface area (Å²) in [6.45, 7) is 0. The lowest BCUT2D eigenvalue weighted by Crippen LogP contribution is -2.20. The standard InChI is InChI=1S/C13H9BrN4O/c14-11-5-2-6-16-12(11)18-13(19)17-10-4-1-3-9(7-10)8-15/h1-7H,(H2,16,17,18,19). The SMILES string of the molecule is N#Cc1cccc(NC(=O)Nc2ncccc2Br)c1. The molecule has 2 amide bonds. The molecule has 0 fully saturated rings. The Labute approximate surface area is 118 Å². The maximum atomic E-state index is 11.8. The number of hydrogen-bond donors (Lipinski definition) is 2. The van der Waals surface area contributed by atoms with Crippen molar-refractivity contribution < 1.29 is 4.79 Å². The molecule has 0 unspecified atom stereocenters. The van der Waals surface area contributed by atoms with Gasteiger partial charge in [0.15, 0.2) is 0 Å². The summed E-state index contributed by atoms with van der Waals surface area (Å²) >= 11 is 3.28. The van der Waals surface area contributed by atoms with E-state index in [9.17, 15) is 4.79 Å². The van der Waals surface area contributed by atoms with Gasteiger partial charge < -0.3 is 5.32 Å². The van der Waals surface area contributed by atoms with Crippen LogP contribution >= 0.6 is 15.9 Å². The fraction of sp³-hybridized carbons (Fsp3) is 0. The Morgan fingerprint density at radius 2 is 2.11 bits per heavy atom. The first-order chi connectivity index (χ1) is 9.19. The normalized spacial score (nSPS) is 9.47. The molecule has 2 aromatic rings. The summed E-state index contributed by atoms with van der Waals surface area (Å²) in [5.74, 6) is 0.427. The highest BCUT2D eigenvalue weighted by molar-refractivity contribution is 9.10. The molecular formula is C13H9BrN4O. The second kappa shape index (κ2) is 5.98. The number of benzene rings is 1. The first-order valence-corrected chi connectivity index (χ1v) is 6.17. The molecule has 0 aliphatic carbocycles. The van der Waals surface area contributed by atoms with Crippen molar-refractivity contribution in [2.24, 2.45) is 0 Å². The minimum atomic E-state index is -0.422. The number of urea groups is 1. The molecule has 0 saturated heterocycles. The summed E-state index contributed by atoms with van der Waals surface area (Å²) in [6.07, 6.45) is 1.58. The van der Waals surface area contributed by atoms with Crippen LogP contribution in [0.25, 0.3) is 0 Å². The summed E-state index contributed by atoms with van der Waals surface area (Å²) in [7, 11) is 0. The number of pyridine rings is 1. The average molecular weight is 317 g/mol. The summed E-state index contributed by atoms with van der Waals surface area (Å²) in [6, 6.07) is 11.8. The zero-order chi connectivity index (χ0) is 13.7. The number of anilines is 2. The van der Waals surface area contributed by atoms with Gasteiger partial charge in [-0.3, -0.25) is 5.32 Å². The first-order valence-electron chi connectivity index (χ1n) is 5.38. The minimum Gasteiger partial charge on any atom is -0.308 e. The maximum absolute atomic E-state index is 11.8. The second-order valence-corrected chi connectivity index (χ2v) is 4.46. The average Bonchev–Trinajstić information content (AvgIpc) is 2.41. The predicted molar refractivity (Wildman–Crippen MR) is 75.7 cm³/mol. The van der Waals surface area contributed by atoms with Crippen LogP contribution in [0.2, 0.25) is 0 Å². The van der Waals surface area contributed by atoms with Gasteiger partial charge in [-0.25, -0.2) is 9.78 Å². The molecule has 5 nitrogen and oxygen atoms in total. The van der Waals surface area contributed by atoms with E-state index in [2.05, 4.69) is 31.5 Å². The number of halogens is 1. The van der Waals surface area contributed by atoms with E-state index in [-0.39, 0.29) is 0 Å². The lowest BCUT2D eigenvalue weighted by Gasteiger charge is -2.08. The molecule has 2 rings (SSSR count). The fourth-order valence-corrected chi connectivity index (χ4v) is 1.77. The molecule has 0 aliphatic heterocycles. The van der Waals surface area contributed by atoms with E-state index in [0.29, 0.717) is 21.5 Å². The van der Waals surface area contributed by atoms with Crippen molar-refractivity contribution in [3.05, 3.63) is 52.6 Å². The molecule has 2 N–H and O–H groups in total. The third-order valence-electron chi connectivity index (χ3n) is 2.24. The van der Waals surface area contributed by atoms with Crippen molar-refractivity contribution in [1.82, 2.24) is 4.98 Å². The van der Waals surface area contributed by atoms with E-state index in [0.717, 1.165) is 0 Å². The Morgan fingerprint density at radius 3 is 2.84 bits per heavy atom. The predicted octanol–water partition coefficient (Wildman–Crippen LogP) is 3.36. The monoisotopic (exact) mass is 316 g/mol. The van der Waals surface area contributed by atoms with Gasteiger partial charge in [0.2, 0.25) is 0 Å². The molecule has 1 heterocycles. The molecule has 1 aromatic carbocycles. The molecule has 6 heteroatoms. The van der Waals surface area contributed by atoms with E-state index in [1.165, 1.54) is 0 Å². The van der Waals surface area contributed by atoms with Crippen LogP contribution in [0.3, 0.4) is 0 Å². The van der Waals surface area contributed by atoms with Gasteiger partial charge in [0, 0.05) is 11.9 Å². The van der Waals surface area contributed by atoms with Gasteiger partial charge in [-0.05, 0) is 46.3 Å². The summed E-state index contributed by atoms with van der Waals surface area (Å²) in [5, 5.41) is 14.0. The Hall–Kier alpha value is -2.39. The third kappa shape index (κ3) is 3.53. The highest BCUT2D eigenvalue weighted by Gasteiger charge is 2.06. The Balaban J connectivity index is 2.06. The van der Waals surface area contributed by atoms with Crippen molar-refractivity contribution >= 4 is 33.5 Å². The smallest absolute Gasteiger partial charge is 0.308 e. The third-order valence-corrected chi connectivity index (χ3v) is 2.88. The zero-order valence-corrected chi connectivity index (χ0v) is 11.3. The van der Waals surface area contributed by atoms with E-state index in [4.69, 9.17) is 5.26 Å². The van der Waals surface area contributed by atoms with Gasteiger partial charge >= 0.3 is 6.03 Å². The van der Waals surface area contributed by atoms with Crippen LogP contribution in [0.4, 0.5) is 16.3 Å². The van der Waals surface area contributed by atoms with Crippen molar-refractivity contribution in [1.29, 1.82) is 5.26 Å². The number of carbonyl (C=O) groups is 1. The van der Waals surface area contributed by atoms with Crippen molar-refractivity contribution in [3.8, 4) is 6.07 Å². The number of nitrogens with one attached hydrogen (secondary N) is 2. The van der Waals surface area contributed by atoms with E-state index in [1.54, 1.807) is 42.6 Å². The molecular weight excluding hydrogens is 308 g/mol. The lowest BCUT2D eigenvalue weighted by molar-refractivity contribution is 0.262. The van der Waals surface area contributed by atoms with E-state index in [1.807, 2.05) is 6.07 Å². The first kappa shape index (κ1) is 13.1. The minimum absolute atomic E-state index is 0.422. The van der Waals surface area contributed by atoms with Gasteiger partial charge in [-0.15, -0.1) is 0 Å². The van der Waals surface area contributed by atoms with E-state index >= 15 is 0 Å². The van der Waals surface area contributed by atoms with Crippen LogP contribution < -0.4 is 10.6 Å². The van der Waals surface area contributed by atoms with Crippen molar-refractivity contribution in [3.63, 3.8) is 0 Å². The molecule has 19 heavy (non-hydrogen) atoms. The molecule has 0 spiro atoms. The highest BCUT2D eigenvalue weighted by Crippen LogP contribution is 2.18. The van der Waals surface area contributed by atoms with Gasteiger partial charge in [-0.1, -0.05) is 6.07 Å².